The van der Waals surface area contributed by atoms with E-state index in [2.05, 4.69) is 22.0 Å². The number of fused-ring (bicyclic) bond motifs is 1. The number of hydrogen-bond acceptors (Lipinski definition) is 3. The molecule has 164 valence electrons. The van der Waals surface area contributed by atoms with Crippen molar-refractivity contribution in [3.8, 4) is 5.75 Å². The Morgan fingerprint density at radius 3 is 2.39 bits per heavy atom. The van der Waals surface area contributed by atoms with Gasteiger partial charge in [-0.15, -0.1) is 0 Å². The number of carbonyl (C=O) groups is 2. The van der Waals surface area contributed by atoms with Crippen molar-refractivity contribution in [2.24, 2.45) is 5.92 Å². The van der Waals surface area contributed by atoms with Gasteiger partial charge < -0.3 is 19.5 Å². The first-order valence-electron chi connectivity index (χ1n) is 10.9. The first-order valence-corrected chi connectivity index (χ1v) is 10.9. The maximum atomic E-state index is 12.7. The molecule has 1 N–H and O–H groups in total. The van der Waals surface area contributed by atoms with E-state index in [1.807, 2.05) is 64.2 Å². The summed E-state index contributed by atoms with van der Waals surface area (Å²) in [5, 5.41) is 3.86. The summed E-state index contributed by atoms with van der Waals surface area (Å²) >= 11 is 0. The fraction of sp³-hybridized carbons (Fsp3) is 0.360. The Kier molecular flexibility index (Phi) is 7.34. The molecule has 2 amide bonds. The lowest BCUT2D eigenvalue weighted by atomic mass is 10.1. The maximum Gasteiger partial charge on any atom is 0.415 e. The van der Waals surface area contributed by atoms with Crippen molar-refractivity contribution in [2.45, 2.75) is 40.7 Å². The van der Waals surface area contributed by atoms with Crippen LogP contribution in [-0.4, -0.2) is 34.6 Å². The lowest BCUT2D eigenvalue weighted by Gasteiger charge is -2.20. The number of benzene rings is 2. The van der Waals surface area contributed by atoms with Gasteiger partial charge in [-0.3, -0.25) is 4.79 Å². The van der Waals surface area contributed by atoms with Crippen LogP contribution in [0.2, 0.25) is 0 Å². The van der Waals surface area contributed by atoms with Crippen LogP contribution in [0, 0.1) is 5.92 Å². The highest BCUT2D eigenvalue weighted by Gasteiger charge is 2.21. The zero-order valence-electron chi connectivity index (χ0n) is 18.7. The van der Waals surface area contributed by atoms with Crippen LogP contribution in [0.1, 0.15) is 39.7 Å². The summed E-state index contributed by atoms with van der Waals surface area (Å²) in [7, 11) is 0. The van der Waals surface area contributed by atoms with E-state index in [0.29, 0.717) is 31.1 Å². The Bertz CT molecular complexity index is 1040. The molecule has 3 rings (SSSR count). The highest BCUT2D eigenvalue weighted by atomic mass is 16.6. The van der Waals surface area contributed by atoms with E-state index in [0.717, 1.165) is 17.3 Å². The molecule has 0 saturated heterocycles. The van der Waals surface area contributed by atoms with Crippen molar-refractivity contribution >= 4 is 28.6 Å². The number of aromatic nitrogens is 1. The van der Waals surface area contributed by atoms with Crippen LogP contribution in [0.5, 0.6) is 5.75 Å². The fourth-order valence-corrected chi connectivity index (χ4v) is 3.46. The van der Waals surface area contributed by atoms with E-state index in [1.54, 1.807) is 11.0 Å². The van der Waals surface area contributed by atoms with E-state index < -0.39 is 6.09 Å². The van der Waals surface area contributed by atoms with Crippen molar-refractivity contribution in [1.82, 2.24) is 9.47 Å². The lowest BCUT2D eigenvalue weighted by molar-refractivity contribution is -0.119. The predicted molar refractivity (Wildman–Crippen MR) is 125 cm³/mol. The molecular formula is C25H31N3O3. The van der Waals surface area contributed by atoms with Gasteiger partial charge in [0.1, 0.15) is 0 Å². The molecule has 0 fully saturated rings. The first kappa shape index (κ1) is 22.4. The summed E-state index contributed by atoms with van der Waals surface area (Å²) in [6, 6.07) is 15.8. The molecule has 6 nitrogen and oxygen atoms in total. The van der Waals surface area contributed by atoms with Crippen molar-refractivity contribution in [3.05, 3.63) is 60.3 Å². The minimum Gasteiger partial charge on any atom is -0.408 e. The van der Waals surface area contributed by atoms with Crippen LogP contribution < -0.4 is 10.1 Å². The Morgan fingerprint density at radius 2 is 1.74 bits per heavy atom. The molecule has 3 aromatic rings. The van der Waals surface area contributed by atoms with Crippen molar-refractivity contribution in [1.29, 1.82) is 0 Å². The average molecular weight is 422 g/mol. The minimum atomic E-state index is -0.424. The van der Waals surface area contributed by atoms with Crippen LogP contribution in [0.3, 0.4) is 0 Å². The lowest BCUT2D eigenvalue weighted by Crippen LogP contribution is -2.33. The minimum absolute atomic E-state index is 0.0917. The summed E-state index contributed by atoms with van der Waals surface area (Å²) in [6.07, 6.45) is 2.30. The molecule has 1 unspecified atom stereocenters. The summed E-state index contributed by atoms with van der Waals surface area (Å²) in [5.41, 5.74) is 2.68. The van der Waals surface area contributed by atoms with Crippen molar-refractivity contribution < 1.29 is 14.3 Å². The maximum absolute atomic E-state index is 12.7. The molecule has 0 bridgehead atoms. The molecule has 0 aliphatic rings. The third-order valence-electron chi connectivity index (χ3n) is 5.64. The fourth-order valence-electron chi connectivity index (χ4n) is 3.46. The first-order chi connectivity index (χ1) is 15.0. The zero-order valence-corrected chi connectivity index (χ0v) is 18.7. The number of amides is 2. The number of nitrogens with zero attached hydrogens (tertiary/aromatic N) is 2. The largest absolute Gasteiger partial charge is 0.415 e. The second-order valence-corrected chi connectivity index (χ2v) is 7.64. The van der Waals surface area contributed by atoms with E-state index in [-0.39, 0.29) is 11.8 Å². The van der Waals surface area contributed by atoms with E-state index >= 15 is 0 Å². The summed E-state index contributed by atoms with van der Waals surface area (Å²) < 4.78 is 7.83. The van der Waals surface area contributed by atoms with E-state index in [9.17, 15) is 9.59 Å². The number of hydrogen-bond donors (Lipinski definition) is 1. The Labute approximate surface area is 183 Å². The summed E-state index contributed by atoms with van der Waals surface area (Å²) in [4.78, 5) is 26.9. The number of ether oxygens (including phenoxy) is 1. The molecule has 0 aliphatic heterocycles. The monoisotopic (exact) mass is 421 g/mol. The highest BCUT2D eigenvalue weighted by molar-refractivity contribution is 6.05. The molecule has 0 aliphatic carbocycles. The van der Waals surface area contributed by atoms with Gasteiger partial charge in [-0.25, -0.2) is 4.79 Å². The van der Waals surface area contributed by atoms with Gasteiger partial charge in [0.05, 0.1) is 11.2 Å². The zero-order chi connectivity index (χ0) is 22.4. The summed E-state index contributed by atoms with van der Waals surface area (Å²) in [6.45, 7) is 9.49. The van der Waals surface area contributed by atoms with Crippen LogP contribution in [0.4, 0.5) is 10.5 Å². The molecule has 0 saturated carbocycles. The summed E-state index contributed by atoms with van der Waals surface area (Å²) in [5.74, 6) is 0.123. The highest BCUT2D eigenvalue weighted by Crippen LogP contribution is 2.35. The molecule has 1 heterocycles. The second kappa shape index (κ2) is 10.2. The SMILES string of the molecule is CCC(C)C(=O)Nc1c(OC(=O)N(CC)CC)ccc2c1ccn2Cc1ccccc1. The molecule has 2 aromatic carbocycles. The molecular weight excluding hydrogens is 390 g/mol. The Balaban J connectivity index is 2.01. The van der Waals surface area contributed by atoms with Crippen LogP contribution in [0.15, 0.2) is 54.7 Å². The number of carbonyl (C=O) groups excluding carboxylic acids is 2. The van der Waals surface area contributed by atoms with Gasteiger partial charge in [0.25, 0.3) is 0 Å². The Hall–Kier alpha value is -3.28. The normalized spacial score (nSPS) is 11.9. The Morgan fingerprint density at radius 1 is 1.03 bits per heavy atom. The van der Waals surface area contributed by atoms with Crippen LogP contribution >= 0.6 is 0 Å². The smallest absolute Gasteiger partial charge is 0.408 e. The van der Waals surface area contributed by atoms with Crippen LogP contribution in [-0.2, 0) is 11.3 Å². The third-order valence-corrected chi connectivity index (χ3v) is 5.64. The third kappa shape index (κ3) is 5.08. The van der Waals surface area contributed by atoms with Gasteiger partial charge in [0, 0.05) is 37.1 Å². The number of nitrogens with one attached hydrogen (secondary N) is 1. The van der Waals surface area contributed by atoms with Crippen molar-refractivity contribution in [3.63, 3.8) is 0 Å². The number of anilines is 1. The molecule has 1 atom stereocenters. The molecule has 6 heteroatoms. The van der Waals surface area contributed by atoms with E-state index in [4.69, 9.17) is 4.74 Å². The van der Waals surface area contributed by atoms with E-state index in [1.165, 1.54) is 5.56 Å². The van der Waals surface area contributed by atoms with Gasteiger partial charge in [-0.05, 0) is 44.0 Å². The van der Waals surface area contributed by atoms with Gasteiger partial charge >= 0.3 is 6.09 Å². The van der Waals surface area contributed by atoms with Gasteiger partial charge in [0.2, 0.25) is 5.91 Å². The van der Waals surface area contributed by atoms with Gasteiger partial charge in [-0.1, -0.05) is 44.2 Å². The quantitative estimate of drug-likeness (QED) is 0.521. The molecule has 31 heavy (non-hydrogen) atoms. The average Bonchev–Trinajstić information content (AvgIpc) is 3.19. The van der Waals surface area contributed by atoms with Gasteiger partial charge in [-0.2, -0.15) is 0 Å². The molecule has 1 aromatic heterocycles. The topological polar surface area (TPSA) is 63.6 Å². The van der Waals surface area contributed by atoms with Crippen molar-refractivity contribution in [2.75, 3.05) is 18.4 Å². The molecule has 0 spiro atoms. The second-order valence-electron chi connectivity index (χ2n) is 7.64. The number of rotatable bonds is 8. The van der Waals surface area contributed by atoms with Gasteiger partial charge in [0.15, 0.2) is 5.75 Å². The molecule has 0 radical (unpaired) electrons. The van der Waals surface area contributed by atoms with Crippen LogP contribution in [0.25, 0.3) is 10.9 Å². The predicted octanol–water partition coefficient (Wildman–Crippen LogP) is 5.51. The standard InChI is InChI=1S/C25H31N3O3/c1-5-18(4)24(29)26-23-20-15-16-28(17-19-11-9-8-10-12-19)21(20)13-14-22(23)31-25(30)27(6-2)7-3/h8-16,18H,5-7,17H2,1-4H3,(H,26,29).